The summed E-state index contributed by atoms with van der Waals surface area (Å²) in [4.78, 5) is 33.6. The van der Waals surface area contributed by atoms with Crippen molar-refractivity contribution in [2.45, 2.75) is 13.0 Å². The standard InChI is InChI=1S/C28H25N9O/c1-17(33-25-19(13-29)15-32-28(30)35-25)26-34-23-11-7-10-22(18-12-21(36(2)3)16-31-14-18)24(23)27(38)37(26)20-8-5-4-6-9-20/h4-12,14-17H,1-3H3,(H3,30,32,33,35). The highest BCUT2D eigenvalue weighted by Crippen LogP contribution is 2.30. The molecule has 1 atom stereocenters. The number of rotatable bonds is 6. The number of nitrogen functional groups attached to an aromatic ring is 1. The highest BCUT2D eigenvalue weighted by Gasteiger charge is 2.21. The Labute approximate surface area is 219 Å². The zero-order valence-electron chi connectivity index (χ0n) is 21.1. The Morgan fingerprint density at radius 3 is 2.58 bits per heavy atom. The van der Waals surface area contributed by atoms with Crippen LogP contribution in [0.3, 0.4) is 0 Å². The second-order valence-corrected chi connectivity index (χ2v) is 8.94. The Morgan fingerprint density at radius 2 is 1.84 bits per heavy atom. The van der Waals surface area contributed by atoms with Gasteiger partial charge in [-0.1, -0.05) is 30.3 Å². The number of nitriles is 1. The molecule has 0 fully saturated rings. The van der Waals surface area contributed by atoms with E-state index in [-0.39, 0.29) is 22.9 Å². The number of hydrogen-bond donors (Lipinski definition) is 2. The quantitative estimate of drug-likeness (QED) is 0.353. The van der Waals surface area contributed by atoms with Crippen LogP contribution >= 0.6 is 0 Å². The van der Waals surface area contributed by atoms with Gasteiger partial charge < -0.3 is 16.0 Å². The van der Waals surface area contributed by atoms with Gasteiger partial charge in [0.1, 0.15) is 23.3 Å². The molecular weight excluding hydrogens is 478 g/mol. The first-order valence-electron chi connectivity index (χ1n) is 11.9. The molecule has 1 unspecified atom stereocenters. The van der Waals surface area contributed by atoms with Crippen LogP contribution in [0.2, 0.25) is 0 Å². The Balaban J connectivity index is 1.74. The molecular formula is C28H25N9O. The van der Waals surface area contributed by atoms with Crippen molar-refractivity contribution in [3.8, 4) is 22.9 Å². The molecule has 0 saturated heterocycles. The molecule has 0 aliphatic heterocycles. The van der Waals surface area contributed by atoms with Gasteiger partial charge in [-0.05, 0) is 36.8 Å². The van der Waals surface area contributed by atoms with Crippen molar-refractivity contribution in [1.29, 1.82) is 5.26 Å². The molecule has 0 bridgehead atoms. The van der Waals surface area contributed by atoms with E-state index in [2.05, 4.69) is 26.3 Å². The topological polar surface area (TPSA) is 139 Å². The minimum atomic E-state index is -0.518. The Morgan fingerprint density at radius 1 is 1.05 bits per heavy atom. The Bertz CT molecular complexity index is 1740. The molecule has 3 aromatic heterocycles. The van der Waals surface area contributed by atoms with Crippen LogP contribution in [0.15, 0.2) is 78.0 Å². The van der Waals surface area contributed by atoms with E-state index in [0.29, 0.717) is 22.4 Å². The molecule has 0 aliphatic carbocycles. The minimum Gasteiger partial charge on any atom is -0.376 e. The molecule has 10 nitrogen and oxygen atoms in total. The average Bonchev–Trinajstić information content (AvgIpc) is 2.93. The predicted octanol–water partition coefficient (Wildman–Crippen LogP) is 3.93. The lowest BCUT2D eigenvalue weighted by atomic mass is 10.0. The third kappa shape index (κ3) is 4.49. The number of nitrogens with one attached hydrogen (secondary N) is 1. The summed E-state index contributed by atoms with van der Waals surface area (Å²) in [6.07, 6.45) is 4.88. The normalized spacial score (nSPS) is 11.6. The first kappa shape index (κ1) is 24.4. The Kier molecular flexibility index (Phi) is 6.41. The number of fused-ring (bicyclic) bond motifs is 1. The van der Waals surface area contributed by atoms with Crippen LogP contribution in [-0.2, 0) is 0 Å². The van der Waals surface area contributed by atoms with Gasteiger partial charge in [0.25, 0.3) is 5.56 Å². The molecule has 0 spiro atoms. The number of aromatic nitrogens is 5. The summed E-state index contributed by atoms with van der Waals surface area (Å²) in [5.74, 6) is 0.748. The number of para-hydroxylation sites is 1. The zero-order chi connectivity index (χ0) is 26.8. The average molecular weight is 504 g/mol. The van der Waals surface area contributed by atoms with Crippen LogP contribution in [0.1, 0.15) is 24.4 Å². The first-order chi connectivity index (χ1) is 18.4. The third-order valence-electron chi connectivity index (χ3n) is 6.16. The molecule has 38 heavy (non-hydrogen) atoms. The summed E-state index contributed by atoms with van der Waals surface area (Å²) in [6, 6.07) is 18.5. The number of nitrogens with zero attached hydrogens (tertiary/aromatic N) is 7. The third-order valence-corrected chi connectivity index (χ3v) is 6.16. The predicted molar refractivity (Wildman–Crippen MR) is 148 cm³/mol. The first-order valence-corrected chi connectivity index (χ1v) is 11.9. The number of anilines is 3. The lowest BCUT2D eigenvalue weighted by Crippen LogP contribution is -2.28. The van der Waals surface area contributed by atoms with E-state index in [0.717, 1.165) is 16.8 Å². The summed E-state index contributed by atoms with van der Waals surface area (Å²) in [7, 11) is 3.88. The van der Waals surface area contributed by atoms with Gasteiger partial charge >= 0.3 is 0 Å². The molecule has 188 valence electrons. The number of benzene rings is 2. The number of hydrogen-bond acceptors (Lipinski definition) is 9. The van der Waals surface area contributed by atoms with Crippen LogP contribution in [0.25, 0.3) is 27.7 Å². The molecule has 0 saturated carbocycles. The fraction of sp³-hybridized carbons (Fsp3) is 0.143. The molecule has 0 amide bonds. The number of nitrogens with two attached hydrogens (primary N) is 1. The Hall–Kier alpha value is -5.30. The summed E-state index contributed by atoms with van der Waals surface area (Å²) in [5, 5.41) is 13.2. The van der Waals surface area contributed by atoms with Gasteiger partial charge in [0.05, 0.1) is 40.7 Å². The highest BCUT2D eigenvalue weighted by molar-refractivity contribution is 5.94. The molecule has 0 radical (unpaired) electrons. The monoisotopic (exact) mass is 503 g/mol. The van der Waals surface area contributed by atoms with Gasteiger partial charge in [-0.3, -0.25) is 14.3 Å². The van der Waals surface area contributed by atoms with E-state index in [1.165, 1.54) is 6.20 Å². The summed E-state index contributed by atoms with van der Waals surface area (Å²) in [5.41, 5.74) is 9.45. The second-order valence-electron chi connectivity index (χ2n) is 8.94. The van der Waals surface area contributed by atoms with Gasteiger partial charge in [-0.2, -0.15) is 10.2 Å². The van der Waals surface area contributed by atoms with Gasteiger partial charge in [-0.15, -0.1) is 0 Å². The molecule has 5 rings (SSSR count). The van der Waals surface area contributed by atoms with E-state index >= 15 is 0 Å². The summed E-state index contributed by atoms with van der Waals surface area (Å²) in [6.45, 7) is 1.85. The lowest BCUT2D eigenvalue weighted by Gasteiger charge is -2.21. The molecule has 5 aromatic rings. The SMILES string of the molecule is CC(Nc1nc(N)ncc1C#N)c1nc2cccc(-c3cncc(N(C)C)c3)c2c(=O)n1-c1ccccc1. The van der Waals surface area contributed by atoms with Gasteiger partial charge in [-0.25, -0.2) is 9.97 Å². The van der Waals surface area contributed by atoms with Crippen molar-refractivity contribution in [1.82, 2.24) is 24.5 Å². The smallest absolute Gasteiger partial charge is 0.266 e. The van der Waals surface area contributed by atoms with Crippen LogP contribution in [-0.4, -0.2) is 38.6 Å². The zero-order valence-corrected chi connectivity index (χ0v) is 21.1. The van der Waals surface area contributed by atoms with Crippen molar-refractivity contribution in [2.24, 2.45) is 0 Å². The van der Waals surface area contributed by atoms with Gasteiger partial charge in [0.15, 0.2) is 0 Å². The summed E-state index contributed by atoms with van der Waals surface area (Å²) >= 11 is 0. The van der Waals surface area contributed by atoms with Crippen LogP contribution in [0, 0.1) is 11.3 Å². The van der Waals surface area contributed by atoms with E-state index in [4.69, 9.17) is 10.7 Å². The molecule has 10 heteroatoms. The van der Waals surface area contributed by atoms with Gasteiger partial charge in [0, 0.05) is 25.9 Å². The van der Waals surface area contributed by atoms with Crippen molar-refractivity contribution in [3.63, 3.8) is 0 Å². The fourth-order valence-electron chi connectivity index (χ4n) is 4.28. The van der Waals surface area contributed by atoms with E-state index < -0.39 is 6.04 Å². The molecule has 0 aliphatic rings. The number of pyridine rings is 1. The van der Waals surface area contributed by atoms with Crippen molar-refractivity contribution < 1.29 is 0 Å². The largest absolute Gasteiger partial charge is 0.376 e. The van der Waals surface area contributed by atoms with E-state index in [9.17, 15) is 10.1 Å². The maximum absolute atomic E-state index is 14.3. The van der Waals surface area contributed by atoms with Crippen LogP contribution in [0.4, 0.5) is 17.5 Å². The van der Waals surface area contributed by atoms with Crippen molar-refractivity contribution in [3.05, 3.63) is 94.9 Å². The van der Waals surface area contributed by atoms with Crippen LogP contribution < -0.4 is 21.5 Å². The molecule has 3 heterocycles. The highest BCUT2D eigenvalue weighted by atomic mass is 16.1. The van der Waals surface area contributed by atoms with Crippen molar-refractivity contribution in [2.75, 3.05) is 30.0 Å². The maximum Gasteiger partial charge on any atom is 0.266 e. The molecule has 2 aromatic carbocycles. The lowest BCUT2D eigenvalue weighted by molar-refractivity contribution is 0.731. The van der Waals surface area contributed by atoms with E-state index in [1.54, 1.807) is 17.0 Å². The van der Waals surface area contributed by atoms with Gasteiger partial charge in [0.2, 0.25) is 5.95 Å². The minimum absolute atomic E-state index is 0.0313. The van der Waals surface area contributed by atoms with Crippen LogP contribution in [0.5, 0.6) is 0 Å². The van der Waals surface area contributed by atoms with E-state index in [1.807, 2.05) is 80.5 Å². The second kappa shape index (κ2) is 9.99. The maximum atomic E-state index is 14.3. The fourth-order valence-corrected chi connectivity index (χ4v) is 4.28. The van der Waals surface area contributed by atoms with Crippen molar-refractivity contribution >= 4 is 28.4 Å². The molecule has 3 N–H and O–H groups in total. The summed E-state index contributed by atoms with van der Waals surface area (Å²) < 4.78 is 1.59.